The minimum atomic E-state index is 0.362. The van der Waals surface area contributed by atoms with Gasteiger partial charge in [-0.2, -0.15) is 0 Å². The van der Waals surface area contributed by atoms with Crippen molar-refractivity contribution in [3.05, 3.63) is 29.8 Å². The second-order valence-electron chi connectivity index (χ2n) is 5.92. The van der Waals surface area contributed by atoms with Gasteiger partial charge in [0, 0.05) is 31.7 Å². The van der Waals surface area contributed by atoms with Crippen molar-refractivity contribution in [3.63, 3.8) is 0 Å². The SMILES string of the molecule is CCC1CNC(C(C)C)CN1Cc1cccc(O)c1. The number of hydrogen-bond acceptors (Lipinski definition) is 3. The summed E-state index contributed by atoms with van der Waals surface area (Å²) in [5, 5.41) is 13.2. The van der Waals surface area contributed by atoms with Gasteiger partial charge in [-0.15, -0.1) is 0 Å². The van der Waals surface area contributed by atoms with E-state index in [-0.39, 0.29) is 0 Å². The van der Waals surface area contributed by atoms with Crippen LogP contribution in [0.2, 0.25) is 0 Å². The highest BCUT2D eigenvalue weighted by Gasteiger charge is 2.28. The molecule has 19 heavy (non-hydrogen) atoms. The lowest BCUT2D eigenvalue weighted by Gasteiger charge is -2.41. The van der Waals surface area contributed by atoms with Gasteiger partial charge in [-0.25, -0.2) is 0 Å². The van der Waals surface area contributed by atoms with Gasteiger partial charge >= 0.3 is 0 Å². The molecular formula is C16H26N2O. The second-order valence-corrected chi connectivity index (χ2v) is 5.92. The minimum Gasteiger partial charge on any atom is -0.508 e. The monoisotopic (exact) mass is 262 g/mol. The van der Waals surface area contributed by atoms with Crippen LogP contribution in [0.3, 0.4) is 0 Å². The Labute approximate surface area is 116 Å². The van der Waals surface area contributed by atoms with Crippen LogP contribution in [-0.2, 0) is 6.54 Å². The van der Waals surface area contributed by atoms with Gasteiger partial charge in [-0.3, -0.25) is 4.90 Å². The molecule has 0 radical (unpaired) electrons. The fourth-order valence-electron chi connectivity index (χ4n) is 2.81. The lowest BCUT2D eigenvalue weighted by molar-refractivity contribution is 0.103. The molecule has 1 aromatic rings. The van der Waals surface area contributed by atoms with E-state index in [0.29, 0.717) is 23.8 Å². The van der Waals surface area contributed by atoms with Gasteiger partial charge < -0.3 is 10.4 Å². The fraction of sp³-hybridized carbons (Fsp3) is 0.625. The molecule has 2 N–H and O–H groups in total. The lowest BCUT2D eigenvalue weighted by atomic mass is 9.98. The topological polar surface area (TPSA) is 35.5 Å². The van der Waals surface area contributed by atoms with E-state index in [1.54, 1.807) is 6.07 Å². The third kappa shape index (κ3) is 3.71. The molecule has 3 heteroatoms. The average molecular weight is 262 g/mol. The summed E-state index contributed by atoms with van der Waals surface area (Å²) in [7, 11) is 0. The zero-order valence-corrected chi connectivity index (χ0v) is 12.3. The number of rotatable bonds is 4. The van der Waals surface area contributed by atoms with Gasteiger partial charge in [-0.05, 0) is 30.0 Å². The predicted octanol–water partition coefficient (Wildman–Crippen LogP) is 2.60. The van der Waals surface area contributed by atoms with Gasteiger partial charge in [0.2, 0.25) is 0 Å². The van der Waals surface area contributed by atoms with Crippen LogP contribution in [0, 0.1) is 5.92 Å². The largest absolute Gasteiger partial charge is 0.508 e. The molecule has 0 aromatic heterocycles. The number of phenolic OH excluding ortho intramolecular Hbond substituents is 1. The van der Waals surface area contributed by atoms with E-state index in [4.69, 9.17) is 0 Å². The van der Waals surface area contributed by atoms with E-state index in [0.717, 1.165) is 26.1 Å². The molecule has 2 unspecified atom stereocenters. The van der Waals surface area contributed by atoms with Crippen LogP contribution in [-0.4, -0.2) is 35.2 Å². The summed E-state index contributed by atoms with van der Waals surface area (Å²) in [5.74, 6) is 1.02. The Morgan fingerprint density at radius 1 is 1.42 bits per heavy atom. The van der Waals surface area contributed by atoms with Crippen LogP contribution in [0.5, 0.6) is 5.75 Å². The number of hydrogen-bond donors (Lipinski definition) is 2. The molecule has 1 aliphatic rings. The molecule has 0 saturated carbocycles. The molecular weight excluding hydrogens is 236 g/mol. The van der Waals surface area contributed by atoms with Crippen LogP contribution in [0.15, 0.2) is 24.3 Å². The van der Waals surface area contributed by atoms with E-state index in [2.05, 4.69) is 37.1 Å². The molecule has 1 aromatic carbocycles. The first kappa shape index (κ1) is 14.4. The molecule has 0 aliphatic carbocycles. The third-order valence-corrected chi connectivity index (χ3v) is 4.14. The number of aromatic hydroxyl groups is 1. The molecule has 2 atom stereocenters. The Balaban J connectivity index is 2.06. The van der Waals surface area contributed by atoms with Crippen LogP contribution >= 0.6 is 0 Å². The highest BCUT2D eigenvalue weighted by atomic mass is 16.3. The Morgan fingerprint density at radius 3 is 2.84 bits per heavy atom. The van der Waals surface area contributed by atoms with Crippen LogP contribution < -0.4 is 5.32 Å². The number of nitrogens with zero attached hydrogens (tertiary/aromatic N) is 1. The first-order valence-corrected chi connectivity index (χ1v) is 7.35. The van der Waals surface area contributed by atoms with Crippen molar-refractivity contribution in [2.45, 2.75) is 45.8 Å². The molecule has 0 amide bonds. The van der Waals surface area contributed by atoms with E-state index < -0.39 is 0 Å². The molecule has 2 rings (SSSR count). The Morgan fingerprint density at radius 2 is 2.21 bits per heavy atom. The van der Waals surface area contributed by atoms with Gasteiger partial charge in [0.1, 0.15) is 5.75 Å². The molecule has 1 heterocycles. The average Bonchev–Trinajstić information content (AvgIpc) is 2.38. The zero-order valence-electron chi connectivity index (χ0n) is 12.3. The van der Waals surface area contributed by atoms with E-state index in [9.17, 15) is 5.11 Å². The number of phenols is 1. The second kappa shape index (κ2) is 6.40. The highest BCUT2D eigenvalue weighted by Crippen LogP contribution is 2.19. The van der Waals surface area contributed by atoms with E-state index >= 15 is 0 Å². The lowest BCUT2D eigenvalue weighted by Crippen LogP contribution is -2.57. The molecule has 1 fully saturated rings. The maximum atomic E-state index is 9.57. The van der Waals surface area contributed by atoms with Gasteiger partial charge in [-0.1, -0.05) is 32.9 Å². The first-order chi connectivity index (χ1) is 9.10. The summed E-state index contributed by atoms with van der Waals surface area (Å²) in [6.07, 6.45) is 1.16. The Kier molecular flexibility index (Phi) is 4.83. The maximum absolute atomic E-state index is 9.57. The Hall–Kier alpha value is -1.06. The number of nitrogens with one attached hydrogen (secondary N) is 1. The fourth-order valence-corrected chi connectivity index (χ4v) is 2.81. The molecule has 1 aliphatic heterocycles. The normalized spacial score (nSPS) is 24.8. The molecule has 106 valence electrons. The minimum absolute atomic E-state index is 0.362. The van der Waals surface area contributed by atoms with Crippen molar-refractivity contribution < 1.29 is 5.11 Å². The summed E-state index contributed by atoms with van der Waals surface area (Å²) in [6, 6.07) is 8.79. The van der Waals surface area contributed by atoms with E-state index in [1.165, 1.54) is 5.56 Å². The van der Waals surface area contributed by atoms with Crippen molar-refractivity contribution in [1.29, 1.82) is 0 Å². The van der Waals surface area contributed by atoms with Crippen LogP contribution in [0.1, 0.15) is 32.8 Å². The van der Waals surface area contributed by atoms with Crippen LogP contribution in [0.25, 0.3) is 0 Å². The summed E-state index contributed by atoms with van der Waals surface area (Å²) in [5.41, 5.74) is 1.20. The number of piperazine rings is 1. The van der Waals surface area contributed by atoms with Gasteiger partial charge in [0.05, 0.1) is 0 Å². The van der Waals surface area contributed by atoms with Gasteiger partial charge in [0.15, 0.2) is 0 Å². The molecule has 0 bridgehead atoms. The standard InChI is InChI=1S/C16H26N2O/c1-4-14-9-17-16(12(2)3)11-18(14)10-13-6-5-7-15(19)8-13/h5-8,12,14,16-17,19H,4,9-11H2,1-3H3. The maximum Gasteiger partial charge on any atom is 0.115 e. The van der Waals surface area contributed by atoms with Crippen molar-refractivity contribution in [2.24, 2.45) is 5.92 Å². The third-order valence-electron chi connectivity index (χ3n) is 4.14. The van der Waals surface area contributed by atoms with Crippen LogP contribution in [0.4, 0.5) is 0 Å². The van der Waals surface area contributed by atoms with Crippen molar-refractivity contribution >= 4 is 0 Å². The summed E-state index contributed by atoms with van der Waals surface area (Å²) >= 11 is 0. The summed E-state index contributed by atoms with van der Waals surface area (Å²) < 4.78 is 0. The smallest absolute Gasteiger partial charge is 0.115 e. The number of benzene rings is 1. The molecule has 1 saturated heterocycles. The quantitative estimate of drug-likeness (QED) is 0.875. The molecule has 3 nitrogen and oxygen atoms in total. The highest BCUT2D eigenvalue weighted by molar-refractivity contribution is 5.27. The Bertz CT molecular complexity index is 405. The van der Waals surface area contributed by atoms with E-state index in [1.807, 2.05) is 12.1 Å². The first-order valence-electron chi connectivity index (χ1n) is 7.35. The van der Waals surface area contributed by atoms with Crippen molar-refractivity contribution in [1.82, 2.24) is 10.2 Å². The van der Waals surface area contributed by atoms with Crippen molar-refractivity contribution in [2.75, 3.05) is 13.1 Å². The van der Waals surface area contributed by atoms with Crippen molar-refractivity contribution in [3.8, 4) is 5.75 Å². The summed E-state index contributed by atoms with van der Waals surface area (Å²) in [6.45, 7) is 9.88. The zero-order chi connectivity index (χ0) is 13.8. The summed E-state index contributed by atoms with van der Waals surface area (Å²) in [4.78, 5) is 2.55. The predicted molar refractivity (Wildman–Crippen MR) is 79.2 cm³/mol. The van der Waals surface area contributed by atoms with Gasteiger partial charge in [0.25, 0.3) is 0 Å². The molecule has 0 spiro atoms.